The number of piperazine rings is 1. The van der Waals surface area contributed by atoms with Crippen molar-refractivity contribution in [3.8, 4) is 17.2 Å². The molecule has 1 aliphatic heterocycles. The van der Waals surface area contributed by atoms with Crippen LogP contribution in [0.3, 0.4) is 0 Å². The largest absolute Gasteiger partial charge is 0.493 e. The third-order valence-corrected chi connectivity index (χ3v) is 4.84. The van der Waals surface area contributed by atoms with E-state index in [1.807, 2.05) is 6.07 Å². The summed E-state index contributed by atoms with van der Waals surface area (Å²) in [6, 6.07) is 12.0. The monoisotopic (exact) mass is 426 g/mol. The Balaban J connectivity index is 0.00000300. The molecule has 3 rings (SSSR count). The molecule has 1 saturated heterocycles. The number of aliphatic hydroxyl groups is 1. The first-order valence-electron chi connectivity index (χ1n) is 9.35. The lowest BCUT2D eigenvalue weighted by Crippen LogP contribution is -2.49. The standard InChI is InChI=1S/C21H27FN2O4.ClH/c1-26-19-4-3-5-20(27-2)21(19)28-15-18(25)14-23-10-12-24(13-11-23)17-8-6-16(22)7-9-17;/h3-9,18,25H,10-15H2,1-2H3;1H. The number of β-amino-alcohol motifs (C(OH)–C–C–N with tert-alkyl or cyclic N) is 1. The van der Waals surface area contributed by atoms with E-state index in [0.29, 0.717) is 23.8 Å². The molecular weight excluding hydrogens is 399 g/mol. The number of para-hydroxylation sites is 1. The number of halogens is 2. The van der Waals surface area contributed by atoms with Gasteiger partial charge in [-0.2, -0.15) is 0 Å². The quantitative estimate of drug-likeness (QED) is 0.700. The molecule has 1 fully saturated rings. The van der Waals surface area contributed by atoms with Crippen molar-refractivity contribution in [3.05, 3.63) is 48.3 Å². The average Bonchev–Trinajstić information content (AvgIpc) is 2.73. The van der Waals surface area contributed by atoms with E-state index >= 15 is 0 Å². The van der Waals surface area contributed by atoms with Gasteiger partial charge in [0.05, 0.1) is 14.2 Å². The normalized spacial score (nSPS) is 15.4. The van der Waals surface area contributed by atoms with Crippen LogP contribution in [0.15, 0.2) is 42.5 Å². The van der Waals surface area contributed by atoms with Crippen molar-refractivity contribution in [3.63, 3.8) is 0 Å². The van der Waals surface area contributed by atoms with Crippen LogP contribution in [0.25, 0.3) is 0 Å². The van der Waals surface area contributed by atoms with Gasteiger partial charge >= 0.3 is 0 Å². The maximum absolute atomic E-state index is 13.1. The smallest absolute Gasteiger partial charge is 0.203 e. The summed E-state index contributed by atoms with van der Waals surface area (Å²) in [5.74, 6) is 1.41. The van der Waals surface area contributed by atoms with E-state index in [0.717, 1.165) is 31.9 Å². The van der Waals surface area contributed by atoms with Gasteiger partial charge in [-0.3, -0.25) is 4.90 Å². The van der Waals surface area contributed by atoms with Crippen LogP contribution < -0.4 is 19.1 Å². The van der Waals surface area contributed by atoms with Gasteiger partial charge < -0.3 is 24.2 Å². The van der Waals surface area contributed by atoms with Crippen LogP contribution in [0.1, 0.15) is 0 Å². The lowest BCUT2D eigenvalue weighted by Gasteiger charge is -2.36. The molecule has 8 heteroatoms. The summed E-state index contributed by atoms with van der Waals surface area (Å²) in [4.78, 5) is 4.42. The van der Waals surface area contributed by atoms with Gasteiger partial charge in [-0.05, 0) is 36.4 Å². The van der Waals surface area contributed by atoms with Crippen LogP contribution in [0.5, 0.6) is 17.2 Å². The number of hydrogen-bond acceptors (Lipinski definition) is 6. The Bertz CT molecular complexity index is 733. The molecule has 6 nitrogen and oxygen atoms in total. The molecule has 0 aromatic heterocycles. The van der Waals surface area contributed by atoms with Crippen molar-refractivity contribution < 1.29 is 23.7 Å². The summed E-state index contributed by atoms with van der Waals surface area (Å²) in [5.41, 5.74) is 1.02. The van der Waals surface area contributed by atoms with Crippen molar-refractivity contribution in [2.45, 2.75) is 6.10 Å². The van der Waals surface area contributed by atoms with Crippen molar-refractivity contribution >= 4 is 18.1 Å². The first kappa shape index (κ1) is 23.1. The molecule has 1 unspecified atom stereocenters. The van der Waals surface area contributed by atoms with Gasteiger partial charge in [0.15, 0.2) is 11.5 Å². The van der Waals surface area contributed by atoms with Gasteiger partial charge in [-0.1, -0.05) is 6.07 Å². The Morgan fingerprint density at radius 1 is 0.966 bits per heavy atom. The lowest BCUT2D eigenvalue weighted by atomic mass is 10.2. The molecule has 0 amide bonds. The second-order valence-corrected chi connectivity index (χ2v) is 6.72. The van der Waals surface area contributed by atoms with Gasteiger partial charge in [0.25, 0.3) is 0 Å². The van der Waals surface area contributed by atoms with Crippen molar-refractivity contribution in [2.75, 3.05) is 58.5 Å². The number of anilines is 1. The highest BCUT2D eigenvalue weighted by Gasteiger charge is 2.21. The SMILES string of the molecule is COc1cccc(OC)c1OCC(O)CN1CCN(c2ccc(F)cc2)CC1.Cl. The number of benzene rings is 2. The van der Waals surface area contributed by atoms with Crippen LogP contribution >= 0.6 is 12.4 Å². The minimum atomic E-state index is -0.632. The van der Waals surface area contributed by atoms with Crippen LogP contribution in [-0.4, -0.2) is 69.7 Å². The van der Waals surface area contributed by atoms with Gasteiger partial charge in [0.1, 0.15) is 18.5 Å². The van der Waals surface area contributed by atoms with E-state index in [1.165, 1.54) is 12.1 Å². The van der Waals surface area contributed by atoms with Crippen LogP contribution in [0.2, 0.25) is 0 Å². The van der Waals surface area contributed by atoms with Crippen molar-refractivity contribution in [1.82, 2.24) is 4.90 Å². The van der Waals surface area contributed by atoms with Gasteiger partial charge in [0.2, 0.25) is 5.75 Å². The molecule has 1 heterocycles. The molecule has 0 spiro atoms. The fourth-order valence-electron chi connectivity index (χ4n) is 3.33. The molecule has 0 aliphatic carbocycles. The summed E-state index contributed by atoms with van der Waals surface area (Å²) in [7, 11) is 3.14. The third-order valence-electron chi connectivity index (χ3n) is 4.84. The summed E-state index contributed by atoms with van der Waals surface area (Å²) in [6.45, 7) is 3.99. The zero-order chi connectivity index (χ0) is 19.9. The van der Waals surface area contributed by atoms with E-state index in [-0.39, 0.29) is 24.8 Å². The first-order valence-corrected chi connectivity index (χ1v) is 9.35. The number of ether oxygens (including phenoxy) is 3. The van der Waals surface area contributed by atoms with E-state index in [1.54, 1.807) is 38.5 Å². The summed E-state index contributed by atoms with van der Waals surface area (Å²) in [5, 5.41) is 10.4. The predicted molar refractivity (Wildman–Crippen MR) is 113 cm³/mol. The number of hydrogen-bond donors (Lipinski definition) is 1. The number of nitrogens with zero attached hydrogens (tertiary/aromatic N) is 2. The molecule has 1 aliphatic rings. The fourth-order valence-corrected chi connectivity index (χ4v) is 3.33. The molecule has 29 heavy (non-hydrogen) atoms. The number of aliphatic hydroxyl groups excluding tert-OH is 1. The molecule has 0 saturated carbocycles. The zero-order valence-corrected chi connectivity index (χ0v) is 17.5. The van der Waals surface area contributed by atoms with E-state index in [2.05, 4.69) is 9.80 Å². The highest BCUT2D eigenvalue weighted by Crippen LogP contribution is 2.36. The highest BCUT2D eigenvalue weighted by molar-refractivity contribution is 5.85. The Kier molecular flexibility index (Phi) is 8.82. The Labute approximate surface area is 177 Å². The Morgan fingerprint density at radius 3 is 2.10 bits per heavy atom. The van der Waals surface area contributed by atoms with E-state index in [9.17, 15) is 9.50 Å². The van der Waals surface area contributed by atoms with E-state index < -0.39 is 6.10 Å². The van der Waals surface area contributed by atoms with Crippen LogP contribution in [-0.2, 0) is 0 Å². The summed E-state index contributed by atoms with van der Waals surface area (Å²) >= 11 is 0. The second-order valence-electron chi connectivity index (χ2n) is 6.72. The fraction of sp³-hybridized carbons (Fsp3) is 0.429. The first-order chi connectivity index (χ1) is 13.6. The molecule has 0 bridgehead atoms. The van der Waals surface area contributed by atoms with Gasteiger partial charge in [-0.25, -0.2) is 4.39 Å². The predicted octanol–water partition coefficient (Wildman–Crippen LogP) is 2.83. The molecule has 160 valence electrons. The topological polar surface area (TPSA) is 54.4 Å². The van der Waals surface area contributed by atoms with Gasteiger partial charge in [0, 0.05) is 38.4 Å². The Hall–Kier alpha value is -2.22. The minimum Gasteiger partial charge on any atom is -0.493 e. The lowest BCUT2D eigenvalue weighted by molar-refractivity contribution is 0.0643. The molecular formula is C21H28ClFN2O4. The maximum atomic E-state index is 13.1. The number of methoxy groups -OCH3 is 2. The molecule has 2 aromatic carbocycles. The zero-order valence-electron chi connectivity index (χ0n) is 16.7. The summed E-state index contributed by atoms with van der Waals surface area (Å²) < 4.78 is 29.5. The molecule has 0 radical (unpaired) electrons. The van der Waals surface area contributed by atoms with Gasteiger partial charge in [-0.15, -0.1) is 12.4 Å². The molecule has 1 N–H and O–H groups in total. The summed E-state index contributed by atoms with van der Waals surface area (Å²) in [6.07, 6.45) is -0.632. The highest BCUT2D eigenvalue weighted by atomic mass is 35.5. The van der Waals surface area contributed by atoms with Crippen LogP contribution in [0.4, 0.5) is 10.1 Å². The Morgan fingerprint density at radius 2 is 1.55 bits per heavy atom. The van der Waals surface area contributed by atoms with Crippen molar-refractivity contribution in [1.29, 1.82) is 0 Å². The maximum Gasteiger partial charge on any atom is 0.203 e. The van der Waals surface area contributed by atoms with E-state index in [4.69, 9.17) is 14.2 Å². The van der Waals surface area contributed by atoms with Crippen LogP contribution in [0, 0.1) is 5.82 Å². The van der Waals surface area contributed by atoms with Crippen molar-refractivity contribution in [2.24, 2.45) is 0 Å². The minimum absolute atomic E-state index is 0. The average molecular weight is 427 g/mol. The third kappa shape index (κ3) is 6.13. The molecule has 1 atom stereocenters. The molecule has 2 aromatic rings. The second kappa shape index (κ2) is 11.1. The number of rotatable bonds is 8.